The van der Waals surface area contributed by atoms with Gasteiger partial charge >= 0.3 is 5.97 Å². The van der Waals surface area contributed by atoms with Crippen LogP contribution in [0, 0.1) is 11.7 Å². The van der Waals surface area contributed by atoms with Crippen LogP contribution in [0.1, 0.15) is 36.0 Å². The molecule has 1 amide bonds. The number of thioether (sulfide) groups is 1. The maximum absolute atomic E-state index is 13.4. The Hall–Kier alpha value is -1.56. The van der Waals surface area contributed by atoms with Crippen molar-refractivity contribution < 1.29 is 19.1 Å². The van der Waals surface area contributed by atoms with Gasteiger partial charge in [-0.25, -0.2) is 4.39 Å². The number of nitrogens with one attached hydrogen (secondary N) is 1. The molecule has 0 bridgehead atoms. The number of hydrogen-bond donors (Lipinski definition) is 2. The molecule has 1 aromatic rings. The molecule has 0 heterocycles. The summed E-state index contributed by atoms with van der Waals surface area (Å²) in [6, 6.07) is 4.30. The number of carboxylic acids is 1. The number of carbonyl (C=O) groups excluding carboxylic acids is 1. The van der Waals surface area contributed by atoms with Crippen molar-refractivity contribution in [1.82, 2.24) is 5.32 Å². The van der Waals surface area contributed by atoms with Crippen molar-refractivity contribution in [2.45, 2.75) is 36.6 Å². The summed E-state index contributed by atoms with van der Waals surface area (Å²) in [7, 11) is 0. The molecule has 0 aromatic heterocycles. The fourth-order valence-corrected chi connectivity index (χ4v) is 3.06. The van der Waals surface area contributed by atoms with Gasteiger partial charge in [0.1, 0.15) is 5.82 Å². The quantitative estimate of drug-likeness (QED) is 0.839. The van der Waals surface area contributed by atoms with Crippen molar-refractivity contribution in [1.29, 1.82) is 0 Å². The Morgan fingerprint density at radius 1 is 1.29 bits per heavy atom. The van der Waals surface area contributed by atoms with E-state index in [0.717, 1.165) is 0 Å². The molecule has 1 aliphatic carbocycles. The third-order valence-electron chi connectivity index (χ3n) is 3.82. The second-order valence-corrected chi connectivity index (χ2v) is 6.06. The van der Waals surface area contributed by atoms with Gasteiger partial charge in [-0.05, 0) is 50.1 Å². The lowest BCUT2D eigenvalue weighted by atomic mass is 9.86. The molecule has 0 unspecified atom stereocenters. The number of carbonyl (C=O) groups is 2. The van der Waals surface area contributed by atoms with Gasteiger partial charge in [0.2, 0.25) is 0 Å². The predicted molar refractivity (Wildman–Crippen MR) is 79.0 cm³/mol. The van der Waals surface area contributed by atoms with Gasteiger partial charge in [-0.15, -0.1) is 11.8 Å². The summed E-state index contributed by atoms with van der Waals surface area (Å²) in [5.74, 6) is -1.62. The first kappa shape index (κ1) is 15.8. The van der Waals surface area contributed by atoms with Gasteiger partial charge in [-0.3, -0.25) is 9.59 Å². The highest BCUT2D eigenvalue weighted by atomic mass is 32.2. The largest absolute Gasteiger partial charge is 0.481 e. The SMILES string of the molecule is CSc1cc(C(=O)NC2CCC(C(=O)O)CC2)ccc1F. The van der Waals surface area contributed by atoms with E-state index in [0.29, 0.717) is 36.1 Å². The molecule has 114 valence electrons. The Morgan fingerprint density at radius 3 is 2.52 bits per heavy atom. The molecule has 0 spiro atoms. The number of aliphatic carboxylic acids is 1. The van der Waals surface area contributed by atoms with Crippen LogP contribution in [0.5, 0.6) is 0 Å². The van der Waals surface area contributed by atoms with Crippen LogP contribution in [-0.4, -0.2) is 29.3 Å². The molecule has 2 rings (SSSR count). The Labute approximate surface area is 127 Å². The lowest BCUT2D eigenvalue weighted by molar-refractivity contribution is -0.142. The topological polar surface area (TPSA) is 66.4 Å². The number of benzene rings is 1. The summed E-state index contributed by atoms with van der Waals surface area (Å²) in [6.45, 7) is 0. The zero-order valence-corrected chi connectivity index (χ0v) is 12.6. The average Bonchev–Trinajstić information content (AvgIpc) is 2.48. The first-order valence-electron chi connectivity index (χ1n) is 6.88. The summed E-state index contributed by atoms with van der Waals surface area (Å²) < 4.78 is 13.4. The van der Waals surface area contributed by atoms with Gasteiger partial charge in [0.15, 0.2) is 0 Å². The van der Waals surface area contributed by atoms with Crippen molar-refractivity contribution in [2.24, 2.45) is 5.92 Å². The normalized spacial score (nSPS) is 21.8. The molecule has 6 heteroatoms. The van der Waals surface area contributed by atoms with E-state index in [1.54, 1.807) is 6.26 Å². The van der Waals surface area contributed by atoms with E-state index < -0.39 is 5.97 Å². The molecule has 0 aliphatic heterocycles. The minimum Gasteiger partial charge on any atom is -0.481 e. The van der Waals surface area contributed by atoms with E-state index in [4.69, 9.17) is 5.11 Å². The standard InChI is InChI=1S/C15H18FNO3S/c1-21-13-8-10(4-7-12(13)16)14(18)17-11-5-2-9(3-6-11)15(19)20/h4,7-9,11H,2-3,5-6H2,1H3,(H,17,18)(H,19,20). The van der Waals surface area contributed by atoms with Gasteiger partial charge in [-0.2, -0.15) is 0 Å². The van der Waals surface area contributed by atoms with Crippen LogP contribution < -0.4 is 5.32 Å². The number of halogens is 1. The Morgan fingerprint density at radius 2 is 1.95 bits per heavy atom. The summed E-state index contributed by atoms with van der Waals surface area (Å²) in [6.07, 6.45) is 4.26. The van der Waals surface area contributed by atoms with Crippen LogP contribution in [0.2, 0.25) is 0 Å². The zero-order chi connectivity index (χ0) is 15.4. The molecule has 0 radical (unpaired) electrons. The molecule has 1 aromatic carbocycles. The summed E-state index contributed by atoms with van der Waals surface area (Å²) in [5.41, 5.74) is 0.432. The number of amides is 1. The van der Waals surface area contributed by atoms with Crippen LogP contribution in [0.3, 0.4) is 0 Å². The molecule has 1 aliphatic rings. The van der Waals surface area contributed by atoms with Crippen molar-refractivity contribution >= 4 is 23.6 Å². The van der Waals surface area contributed by atoms with Crippen LogP contribution >= 0.6 is 11.8 Å². The highest BCUT2D eigenvalue weighted by Crippen LogP contribution is 2.25. The van der Waals surface area contributed by atoms with Gasteiger partial charge < -0.3 is 10.4 Å². The number of rotatable bonds is 4. The Kier molecular flexibility index (Phi) is 5.22. The van der Waals surface area contributed by atoms with Crippen molar-refractivity contribution in [3.05, 3.63) is 29.6 Å². The van der Waals surface area contributed by atoms with Crippen LogP contribution in [-0.2, 0) is 4.79 Å². The van der Waals surface area contributed by atoms with E-state index in [1.165, 1.54) is 30.0 Å². The van der Waals surface area contributed by atoms with Crippen molar-refractivity contribution in [3.63, 3.8) is 0 Å². The molecule has 0 atom stereocenters. The molecule has 21 heavy (non-hydrogen) atoms. The summed E-state index contributed by atoms with van der Waals surface area (Å²) >= 11 is 1.26. The van der Waals surface area contributed by atoms with Gasteiger partial charge in [0.25, 0.3) is 5.91 Å². The average molecular weight is 311 g/mol. The van der Waals surface area contributed by atoms with Crippen molar-refractivity contribution in [2.75, 3.05) is 6.26 Å². The van der Waals surface area contributed by atoms with E-state index in [-0.39, 0.29) is 23.7 Å². The summed E-state index contributed by atoms with van der Waals surface area (Å²) in [5, 5.41) is 11.8. The maximum Gasteiger partial charge on any atom is 0.306 e. The predicted octanol–water partition coefficient (Wildman–Crippen LogP) is 2.92. The number of hydrogen-bond acceptors (Lipinski definition) is 3. The van der Waals surface area contributed by atoms with Crippen molar-refractivity contribution in [3.8, 4) is 0 Å². The minimum atomic E-state index is -0.761. The first-order valence-corrected chi connectivity index (χ1v) is 8.11. The lowest BCUT2D eigenvalue weighted by Gasteiger charge is -2.26. The fraction of sp³-hybridized carbons (Fsp3) is 0.467. The summed E-state index contributed by atoms with van der Waals surface area (Å²) in [4.78, 5) is 23.5. The Bertz CT molecular complexity index is 542. The molecular weight excluding hydrogens is 293 g/mol. The monoisotopic (exact) mass is 311 g/mol. The smallest absolute Gasteiger partial charge is 0.306 e. The van der Waals surface area contributed by atoms with Gasteiger partial charge in [0, 0.05) is 16.5 Å². The second kappa shape index (κ2) is 6.93. The molecule has 2 N–H and O–H groups in total. The third kappa shape index (κ3) is 3.97. The highest BCUT2D eigenvalue weighted by Gasteiger charge is 2.26. The Balaban J connectivity index is 1.95. The second-order valence-electron chi connectivity index (χ2n) is 5.21. The molecular formula is C15H18FNO3S. The minimum absolute atomic E-state index is 0.00381. The van der Waals surface area contributed by atoms with Crippen LogP contribution in [0.4, 0.5) is 4.39 Å². The molecule has 1 fully saturated rings. The van der Waals surface area contributed by atoms with E-state index >= 15 is 0 Å². The van der Waals surface area contributed by atoms with Gasteiger partial charge in [-0.1, -0.05) is 0 Å². The molecule has 4 nitrogen and oxygen atoms in total. The fourth-order valence-electron chi connectivity index (χ4n) is 2.55. The first-order chi connectivity index (χ1) is 10.0. The van der Waals surface area contributed by atoms with Crippen LogP contribution in [0.25, 0.3) is 0 Å². The maximum atomic E-state index is 13.4. The lowest BCUT2D eigenvalue weighted by Crippen LogP contribution is -2.38. The third-order valence-corrected chi connectivity index (χ3v) is 4.58. The van der Waals surface area contributed by atoms with Crippen LogP contribution in [0.15, 0.2) is 23.1 Å². The molecule has 1 saturated carbocycles. The van der Waals surface area contributed by atoms with E-state index in [2.05, 4.69) is 5.32 Å². The molecule has 0 saturated heterocycles. The zero-order valence-electron chi connectivity index (χ0n) is 11.8. The van der Waals surface area contributed by atoms with E-state index in [1.807, 2.05) is 0 Å². The van der Waals surface area contributed by atoms with Gasteiger partial charge in [0.05, 0.1) is 5.92 Å². The van der Waals surface area contributed by atoms with E-state index in [9.17, 15) is 14.0 Å². The highest BCUT2D eigenvalue weighted by molar-refractivity contribution is 7.98. The number of carboxylic acid groups (broad SMARTS) is 1.